The second-order valence-corrected chi connectivity index (χ2v) is 4.56. The standard InChI is InChI=1S/C12H6O3S2/c13-11-5-1-3-7(16)10-8(17)4-2-6(9(5)10)12(14)15-11/h1-4,13-14H. The van der Waals surface area contributed by atoms with Gasteiger partial charge in [-0.3, -0.25) is 0 Å². The van der Waals surface area contributed by atoms with E-state index in [1.54, 1.807) is 24.3 Å². The van der Waals surface area contributed by atoms with Gasteiger partial charge in [0, 0.05) is 19.8 Å². The van der Waals surface area contributed by atoms with Crippen molar-refractivity contribution < 1.29 is 14.6 Å². The van der Waals surface area contributed by atoms with Gasteiger partial charge >= 0.3 is 0 Å². The first-order valence-corrected chi connectivity index (χ1v) is 5.65. The molecule has 1 heterocycles. The minimum atomic E-state index is -0.337. The molecule has 2 N–H and O–H groups in total. The van der Waals surface area contributed by atoms with Crippen molar-refractivity contribution in [2.24, 2.45) is 0 Å². The van der Waals surface area contributed by atoms with Crippen LogP contribution >= 0.6 is 24.4 Å². The third kappa shape index (κ3) is 1.33. The van der Waals surface area contributed by atoms with Crippen molar-refractivity contribution in [1.82, 2.24) is 0 Å². The molecule has 3 nitrogen and oxygen atoms in total. The first-order valence-electron chi connectivity index (χ1n) is 4.84. The van der Waals surface area contributed by atoms with Crippen molar-refractivity contribution in [3.63, 3.8) is 0 Å². The Labute approximate surface area is 106 Å². The van der Waals surface area contributed by atoms with Crippen molar-refractivity contribution >= 4 is 46.0 Å². The van der Waals surface area contributed by atoms with E-state index in [2.05, 4.69) is 0 Å². The SMILES string of the molecule is Oc1oc(O)c2ccc(=S)c3c(=S)ccc1c23. The van der Waals surface area contributed by atoms with Crippen LogP contribution in [0.15, 0.2) is 28.7 Å². The number of hydrogen-bond acceptors (Lipinski definition) is 5. The summed E-state index contributed by atoms with van der Waals surface area (Å²) in [4.78, 5) is 0. The molecule has 84 valence electrons. The maximum absolute atomic E-state index is 9.67. The molecular weight excluding hydrogens is 256 g/mol. The summed E-state index contributed by atoms with van der Waals surface area (Å²) in [6.45, 7) is 0. The third-order valence-corrected chi connectivity index (χ3v) is 3.42. The molecule has 0 radical (unpaired) electrons. The zero-order chi connectivity index (χ0) is 12.2. The highest BCUT2D eigenvalue weighted by molar-refractivity contribution is 7.72. The van der Waals surface area contributed by atoms with Gasteiger partial charge < -0.3 is 14.6 Å². The van der Waals surface area contributed by atoms with Crippen LogP contribution in [0, 0.1) is 9.02 Å². The Morgan fingerprint density at radius 1 is 0.765 bits per heavy atom. The Bertz CT molecular complexity index is 786. The van der Waals surface area contributed by atoms with Crippen LogP contribution in [-0.4, -0.2) is 10.2 Å². The molecule has 0 saturated carbocycles. The second-order valence-electron chi connectivity index (χ2n) is 3.68. The van der Waals surface area contributed by atoms with E-state index in [1.807, 2.05) is 0 Å². The van der Waals surface area contributed by atoms with Crippen LogP contribution in [0.1, 0.15) is 0 Å². The zero-order valence-corrected chi connectivity index (χ0v) is 10.1. The summed E-state index contributed by atoms with van der Waals surface area (Å²) in [7, 11) is 0. The van der Waals surface area contributed by atoms with Gasteiger partial charge in [0.05, 0.1) is 10.8 Å². The molecule has 1 aromatic heterocycles. The van der Waals surface area contributed by atoms with E-state index in [0.29, 0.717) is 30.6 Å². The molecule has 3 rings (SSSR count). The van der Waals surface area contributed by atoms with Gasteiger partial charge in [0.25, 0.3) is 11.9 Å². The number of aromatic hydroxyl groups is 2. The fourth-order valence-corrected chi connectivity index (χ4v) is 2.62. The molecule has 0 amide bonds. The molecule has 0 aliphatic rings. The van der Waals surface area contributed by atoms with Crippen molar-refractivity contribution in [2.45, 2.75) is 0 Å². The Morgan fingerprint density at radius 3 is 1.71 bits per heavy atom. The van der Waals surface area contributed by atoms with E-state index < -0.39 is 0 Å². The number of benzene rings is 2. The highest BCUT2D eigenvalue weighted by atomic mass is 32.1. The van der Waals surface area contributed by atoms with Gasteiger partial charge in [-0.1, -0.05) is 24.4 Å². The molecule has 5 heteroatoms. The van der Waals surface area contributed by atoms with E-state index in [1.165, 1.54) is 0 Å². The summed E-state index contributed by atoms with van der Waals surface area (Å²) in [6.07, 6.45) is 0. The van der Waals surface area contributed by atoms with E-state index in [4.69, 9.17) is 28.9 Å². The Balaban J connectivity index is 2.85. The average Bonchev–Trinajstić information content (AvgIpc) is 2.28. The van der Waals surface area contributed by atoms with Gasteiger partial charge in [-0.15, -0.1) is 0 Å². The van der Waals surface area contributed by atoms with Gasteiger partial charge in [-0.05, 0) is 24.3 Å². The van der Waals surface area contributed by atoms with E-state index >= 15 is 0 Å². The molecule has 0 bridgehead atoms. The minimum Gasteiger partial charge on any atom is -0.480 e. The topological polar surface area (TPSA) is 53.6 Å². The monoisotopic (exact) mass is 262 g/mol. The quantitative estimate of drug-likeness (QED) is 0.602. The van der Waals surface area contributed by atoms with E-state index in [9.17, 15) is 10.2 Å². The average molecular weight is 262 g/mol. The van der Waals surface area contributed by atoms with Crippen LogP contribution in [0.3, 0.4) is 0 Å². The predicted octanol–water partition coefficient (Wildman–Crippen LogP) is 3.89. The van der Waals surface area contributed by atoms with Crippen LogP contribution in [0.4, 0.5) is 0 Å². The Morgan fingerprint density at radius 2 is 1.24 bits per heavy atom. The largest absolute Gasteiger partial charge is 0.480 e. The molecule has 0 saturated heterocycles. The van der Waals surface area contributed by atoms with Crippen LogP contribution in [0.25, 0.3) is 21.5 Å². The first-order chi connectivity index (χ1) is 8.09. The zero-order valence-electron chi connectivity index (χ0n) is 8.43. The van der Waals surface area contributed by atoms with Gasteiger partial charge in [-0.2, -0.15) is 0 Å². The van der Waals surface area contributed by atoms with Gasteiger partial charge in [0.15, 0.2) is 0 Å². The van der Waals surface area contributed by atoms with Gasteiger partial charge in [-0.25, -0.2) is 0 Å². The van der Waals surface area contributed by atoms with Crippen LogP contribution in [-0.2, 0) is 0 Å². The van der Waals surface area contributed by atoms with Crippen molar-refractivity contribution in [2.75, 3.05) is 0 Å². The molecule has 2 aromatic carbocycles. The fraction of sp³-hybridized carbons (Fsp3) is 0. The molecule has 0 aliphatic heterocycles. The molecule has 0 spiro atoms. The fourth-order valence-electron chi connectivity index (χ4n) is 1.99. The van der Waals surface area contributed by atoms with Gasteiger partial charge in [0.2, 0.25) is 0 Å². The molecular formula is C12H6O3S2. The molecule has 17 heavy (non-hydrogen) atoms. The molecule has 0 atom stereocenters. The second kappa shape index (κ2) is 3.38. The molecule has 0 unspecified atom stereocenters. The van der Waals surface area contributed by atoms with Crippen molar-refractivity contribution in [3.8, 4) is 11.9 Å². The summed E-state index contributed by atoms with van der Waals surface area (Å²) < 4.78 is 6.05. The van der Waals surface area contributed by atoms with E-state index in [-0.39, 0.29) is 11.9 Å². The third-order valence-electron chi connectivity index (χ3n) is 2.74. The molecule has 0 fully saturated rings. The predicted molar refractivity (Wildman–Crippen MR) is 69.9 cm³/mol. The maximum atomic E-state index is 9.67. The van der Waals surface area contributed by atoms with Gasteiger partial charge in [0.1, 0.15) is 0 Å². The highest BCUT2D eigenvalue weighted by Crippen LogP contribution is 2.39. The number of rotatable bonds is 0. The van der Waals surface area contributed by atoms with Crippen LogP contribution in [0.2, 0.25) is 0 Å². The number of hydrogen-bond donors (Lipinski definition) is 2. The maximum Gasteiger partial charge on any atom is 0.292 e. The summed E-state index contributed by atoms with van der Waals surface area (Å²) in [5.41, 5.74) is 0. The lowest BCUT2D eigenvalue weighted by Gasteiger charge is -2.07. The van der Waals surface area contributed by atoms with Crippen LogP contribution in [0.5, 0.6) is 11.9 Å². The highest BCUT2D eigenvalue weighted by Gasteiger charge is 2.14. The summed E-state index contributed by atoms with van der Waals surface area (Å²) in [6, 6.07) is 6.69. The molecule has 0 aliphatic carbocycles. The summed E-state index contributed by atoms with van der Waals surface area (Å²) in [5.74, 6) is -0.675. The summed E-state index contributed by atoms with van der Waals surface area (Å²) >= 11 is 10.4. The minimum absolute atomic E-state index is 0.337. The Kier molecular flexibility index (Phi) is 2.08. The lowest BCUT2D eigenvalue weighted by atomic mass is 10.0. The lowest BCUT2D eigenvalue weighted by Crippen LogP contribution is -1.83. The normalized spacial score (nSPS) is 11.3. The lowest BCUT2D eigenvalue weighted by molar-refractivity contribution is 0.262. The first kappa shape index (κ1) is 10.4. The molecule has 3 aromatic rings. The smallest absolute Gasteiger partial charge is 0.292 e. The Hall–Kier alpha value is -1.72. The summed E-state index contributed by atoms with van der Waals surface area (Å²) in [5, 5.41) is 21.7. The van der Waals surface area contributed by atoms with Crippen molar-refractivity contribution in [3.05, 3.63) is 33.3 Å². The van der Waals surface area contributed by atoms with Crippen LogP contribution < -0.4 is 0 Å². The van der Waals surface area contributed by atoms with E-state index in [0.717, 1.165) is 0 Å². The van der Waals surface area contributed by atoms with Crippen molar-refractivity contribution in [1.29, 1.82) is 0 Å².